The highest BCUT2D eigenvalue weighted by molar-refractivity contribution is 5.87. The molecule has 0 N–H and O–H groups in total. The van der Waals surface area contributed by atoms with Crippen LogP contribution in [0.25, 0.3) is 10.8 Å². The Labute approximate surface area is 139 Å². The van der Waals surface area contributed by atoms with Gasteiger partial charge in [-0.25, -0.2) is 4.68 Å². The number of carbonyl (C=O) groups excluding carboxylic acids is 1. The minimum absolute atomic E-state index is 0.164. The second-order valence-corrected chi connectivity index (χ2v) is 6.59. The van der Waals surface area contributed by atoms with Gasteiger partial charge in [0.1, 0.15) is 12.6 Å². The molecular formula is C18H20N2O4. The SMILES string of the molecule is COC(=O)Cn1nc(OC2CC2)c2cc(C3CCC3)ccc2c1=O. The minimum Gasteiger partial charge on any atom is -0.473 e. The van der Waals surface area contributed by atoms with Crippen molar-refractivity contribution in [1.82, 2.24) is 9.78 Å². The maximum Gasteiger partial charge on any atom is 0.327 e. The summed E-state index contributed by atoms with van der Waals surface area (Å²) in [5, 5.41) is 5.58. The van der Waals surface area contributed by atoms with E-state index in [0.29, 0.717) is 17.2 Å². The summed E-state index contributed by atoms with van der Waals surface area (Å²) in [4.78, 5) is 24.2. The van der Waals surface area contributed by atoms with Crippen molar-refractivity contribution in [1.29, 1.82) is 0 Å². The molecule has 2 aliphatic rings. The lowest BCUT2D eigenvalue weighted by Gasteiger charge is -2.26. The molecule has 24 heavy (non-hydrogen) atoms. The van der Waals surface area contributed by atoms with Crippen molar-refractivity contribution >= 4 is 16.7 Å². The summed E-state index contributed by atoms with van der Waals surface area (Å²) in [5.74, 6) is 0.505. The molecule has 4 rings (SSSR count). The summed E-state index contributed by atoms with van der Waals surface area (Å²) in [5.41, 5.74) is 0.944. The first-order valence-electron chi connectivity index (χ1n) is 8.44. The van der Waals surface area contributed by atoms with E-state index >= 15 is 0 Å². The van der Waals surface area contributed by atoms with Crippen molar-refractivity contribution in [3.8, 4) is 5.88 Å². The predicted octanol–water partition coefficient (Wildman–Crippen LogP) is 2.38. The molecule has 0 atom stereocenters. The normalized spacial score (nSPS) is 17.5. The Morgan fingerprint density at radius 3 is 2.67 bits per heavy atom. The van der Waals surface area contributed by atoms with Crippen molar-refractivity contribution in [2.24, 2.45) is 0 Å². The second kappa shape index (κ2) is 5.92. The van der Waals surface area contributed by atoms with Gasteiger partial charge in [0.15, 0.2) is 0 Å². The van der Waals surface area contributed by atoms with E-state index in [9.17, 15) is 9.59 Å². The van der Waals surface area contributed by atoms with Crippen LogP contribution in [0.4, 0.5) is 0 Å². The molecule has 6 heteroatoms. The van der Waals surface area contributed by atoms with E-state index in [1.165, 1.54) is 31.9 Å². The van der Waals surface area contributed by atoms with Gasteiger partial charge in [-0.05, 0) is 49.3 Å². The Balaban J connectivity index is 1.82. The van der Waals surface area contributed by atoms with Crippen molar-refractivity contribution in [3.05, 3.63) is 34.1 Å². The number of aromatic nitrogens is 2. The van der Waals surface area contributed by atoms with E-state index in [1.54, 1.807) is 0 Å². The molecule has 2 fully saturated rings. The first-order valence-corrected chi connectivity index (χ1v) is 8.44. The average Bonchev–Trinajstić information content (AvgIpc) is 3.34. The number of hydrogen-bond acceptors (Lipinski definition) is 5. The van der Waals surface area contributed by atoms with E-state index in [1.807, 2.05) is 18.2 Å². The van der Waals surface area contributed by atoms with Crippen molar-refractivity contribution in [2.75, 3.05) is 7.11 Å². The van der Waals surface area contributed by atoms with Gasteiger partial charge in [-0.3, -0.25) is 9.59 Å². The molecule has 0 aliphatic heterocycles. The molecule has 1 aromatic carbocycles. The van der Waals surface area contributed by atoms with Crippen LogP contribution in [-0.2, 0) is 16.1 Å². The van der Waals surface area contributed by atoms with Gasteiger partial charge in [0.25, 0.3) is 5.56 Å². The zero-order valence-electron chi connectivity index (χ0n) is 13.7. The molecule has 0 spiro atoms. The van der Waals surface area contributed by atoms with Gasteiger partial charge in [-0.1, -0.05) is 12.5 Å². The lowest BCUT2D eigenvalue weighted by atomic mass is 9.80. The Morgan fingerprint density at radius 1 is 1.25 bits per heavy atom. The number of benzene rings is 1. The summed E-state index contributed by atoms with van der Waals surface area (Å²) in [6, 6.07) is 5.88. The third kappa shape index (κ3) is 2.77. The van der Waals surface area contributed by atoms with Gasteiger partial charge >= 0.3 is 5.97 Å². The number of carbonyl (C=O) groups is 1. The molecule has 0 bridgehead atoms. The zero-order chi connectivity index (χ0) is 16.7. The minimum atomic E-state index is -0.507. The van der Waals surface area contributed by atoms with E-state index in [4.69, 9.17) is 4.74 Å². The van der Waals surface area contributed by atoms with Gasteiger partial charge in [0.05, 0.1) is 17.9 Å². The molecule has 0 saturated heterocycles. The monoisotopic (exact) mass is 328 g/mol. The first kappa shape index (κ1) is 15.2. The summed E-state index contributed by atoms with van der Waals surface area (Å²) in [6.45, 7) is -0.212. The third-order valence-electron chi connectivity index (χ3n) is 4.84. The zero-order valence-corrected chi connectivity index (χ0v) is 13.7. The van der Waals surface area contributed by atoms with Crippen LogP contribution in [0, 0.1) is 0 Å². The Bertz CT molecular complexity index is 850. The fourth-order valence-corrected chi connectivity index (χ4v) is 2.99. The molecule has 2 aliphatic carbocycles. The van der Waals surface area contributed by atoms with E-state index in [2.05, 4.69) is 9.84 Å². The molecule has 1 aromatic heterocycles. The van der Waals surface area contributed by atoms with Crippen LogP contribution >= 0.6 is 0 Å². The quantitative estimate of drug-likeness (QED) is 0.788. The summed E-state index contributed by atoms with van der Waals surface area (Å²) >= 11 is 0. The van der Waals surface area contributed by atoms with E-state index in [-0.39, 0.29) is 18.2 Å². The van der Waals surface area contributed by atoms with Crippen LogP contribution in [0.1, 0.15) is 43.6 Å². The van der Waals surface area contributed by atoms with Crippen LogP contribution < -0.4 is 10.3 Å². The van der Waals surface area contributed by atoms with Crippen LogP contribution in [0.3, 0.4) is 0 Å². The number of nitrogens with zero attached hydrogens (tertiary/aromatic N) is 2. The van der Waals surface area contributed by atoms with Crippen molar-refractivity contribution in [2.45, 2.75) is 50.7 Å². The van der Waals surface area contributed by atoms with Gasteiger partial charge in [0, 0.05) is 0 Å². The second-order valence-electron chi connectivity index (χ2n) is 6.59. The van der Waals surface area contributed by atoms with Crippen LogP contribution in [0.2, 0.25) is 0 Å². The smallest absolute Gasteiger partial charge is 0.327 e. The maximum absolute atomic E-state index is 12.6. The Kier molecular flexibility index (Phi) is 3.75. The lowest BCUT2D eigenvalue weighted by Crippen LogP contribution is -2.28. The van der Waals surface area contributed by atoms with Gasteiger partial charge in [0.2, 0.25) is 5.88 Å². The highest BCUT2D eigenvalue weighted by Gasteiger charge is 2.27. The number of esters is 1. The molecule has 1 heterocycles. The maximum atomic E-state index is 12.6. The number of ether oxygens (including phenoxy) is 2. The molecule has 0 unspecified atom stereocenters. The third-order valence-corrected chi connectivity index (χ3v) is 4.84. The molecule has 2 aromatic rings. The number of fused-ring (bicyclic) bond motifs is 1. The number of rotatable bonds is 5. The van der Waals surface area contributed by atoms with E-state index < -0.39 is 5.97 Å². The molecule has 6 nitrogen and oxygen atoms in total. The summed E-state index contributed by atoms with van der Waals surface area (Å²) in [6.07, 6.45) is 5.81. The Hall–Kier alpha value is -2.37. The number of methoxy groups -OCH3 is 1. The van der Waals surface area contributed by atoms with Gasteiger partial charge < -0.3 is 9.47 Å². The fraction of sp³-hybridized carbons (Fsp3) is 0.500. The lowest BCUT2D eigenvalue weighted by molar-refractivity contribution is -0.141. The Morgan fingerprint density at radius 2 is 2.04 bits per heavy atom. The van der Waals surface area contributed by atoms with Gasteiger partial charge in [-0.15, -0.1) is 5.10 Å². The highest BCUT2D eigenvalue weighted by atomic mass is 16.5. The van der Waals surface area contributed by atoms with Crippen LogP contribution in [0.5, 0.6) is 5.88 Å². The summed E-state index contributed by atoms with van der Waals surface area (Å²) in [7, 11) is 1.29. The number of hydrogen-bond donors (Lipinski definition) is 0. The molecule has 0 amide bonds. The molecule has 126 valence electrons. The largest absolute Gasteiger partial charge is 0.473 e. The molecule has 2 saturated carbocycles. The topological polar surface area (TPSA) is 70.4 Å². The highest BCUT2D eigenvalue weighted by Crippen LogP contribution is 2.38. The van der Waals surface area contributed by atoms with Crippen LogP contribution in [0.15, 0.2) is 23.0 Å². The standard InChI is InChI=1S/C18H20N2O4/c1-23-16(21)10-20-18(22)14-8-5-12(11-3-2-4-11)9-15(14)17(19-20)24-13-6-7-13/h5,8-9,11,13H,2-4,6-7,10H2,1H3. The van der Waals surface area contributed by atoms with Crippen LogP contribution in [-0.4, -0.2) is 29.0 Å². The summed E-state index contributed by atoms with van der Waals surface area (Å²) < 4.78 is 11.7. The van der Waals surface area contributed by atoms with E-state index in [0.717, 1.165) is 22.9 Å². The first-order chi connectivity index (χ1) is 11.7. The fourth-order valence-electron chi connectivity index (χ4n) is 2.99. The predicted molar refractivity (Wildman–Crippen MR) is 88.3 cm³/mol. The average molecular weight is 328 g/mol. The van der Waals surface area contributed by atoms with Gasteiger partial charge in [-0.2, -0.15) is 0 Å². The molecular weight excluding hydrogens is 308 g/mol. The van der Waals surface area contributed by atoms with Crippen molar-refractivity contribution in [3.63, 3.8) is 0 Å². The molecule has 0 radical (unpaired) electrons. The van der Waals surface area contributed by atoms with Crippen molar-refractivity contribution < 1.29 is 14.3 Å².